The highest BCUT2D eigenvalue weighted by Gasteiger charge is 2.40. The average Bonchev–Trinajstić information content (AvgIpc) is 2.58. The van der Waals surface area contributed by atoms with E-state index >= 15 is 0 Å². The van der Waals surface area contributed by atoms with E-state index in [9.17, 15) is 9.59 Å². The van der Waals surface area contributed by atoms with Crippen molar-refractivity contribution in [3.63, 3.8) is 0 Å². The molecule has 6 nitrogen and oxygen atoms in total. The summed E-state index contributed by atoms with van der Waals surface area (Å²) in [6.07, 6.45) is -0.841. The number of rotatable bonds is 3. The number of hydrogen-bond donors (Lipinski definition) is 1. The maximum atomic E-state index is 12.7. The molecule has 0 unspecified atom stereocenters. The van der Waals surface area contributed by atoms with Gasteiger partial charge in [-0.25, -0.2) is 4.98 Å². The average molecular weight is 360 g/mol. The van der Waals surface area contributed by atoms with Crippen LogP contribution in [-0.4, -0.2) is 41.5 Å². The predicted octanol–water partition coefficient (Wildman–Crippen LogP) is 2.58. The van der Waals surface area contributed by atoms with Gasteiger partial charge in [0.05, 0.1) is 6.04 Å². The van der Waals surface area contributed by atoms with E-state index in [1.165, 1.54) is 4.90 Å². The molecule has 1 saturated heterocycles. The minimum absolute atomic E-state index is 0.139. The van der Waals surface area contributed by atoms with Gasteiger partial charge in [-0.3, -0.25) is 9.59 Å². The van der Waals surface area contributed by atoms with Crippen molar-refractivity contribution in [2.45, 2.75) is 19.1 Å². The van der Waals surface area contributed by atoms with Gasteiger partial charge in [0.15, 0.2) is 6.10 Å². The van der Waals surface area contributed by atoms with Gasteiger partial charge in [-0.1, -0.05) is 29.8 Å². The van der Waals surface area contributed by atoms with Crippen LogP contribution in [0.15, 0.2) is 42.5 Å². The Hall–Kier alpha value is -2.44. The lowest BCUT2D eigenvalue weighted by atomic mass is 9.97. The molecule has 1 aromatic carbocycles. The molecule has 2 heterocycles. The van der Waals surface area contributed by atoms with Gasteiger partial charge in [0, 0.05) is 17.8 Å². The first-order chi connectivity index (χ1) is 12.0. The van der Waals surface area contributed by atoms with Crippen molar-refractivity contribution in [3.8, 4) is 0 Å². The number of morpholine rings is 1. The van der Waals surface area contributed by atoms with Crippen LogP contribution in [-0.2, 0) is 14.3 Å². The van der Waals surface area contributed by atoms with Gasteiger partial charge in [-0.2, -0.15) is 0 Å². The lowest BCUT2D eigenvalue weighted by molar-refractivity contribution is -0.160. The van der Waals surface area contributed by atoms with Gasteiger partial charge in [0.25, 0.3) is 5.91 Å². The van der Waals surface area contributed by atoms with Crippen LogP contribution in [0.1, 0.15) is 17.3 Å². The molecule has 1 fully saturated rings. The summed E-state index contributed by atoms with van der Waals surface area (Å²) in [5.41, 5.74) is 1.57. The molecule has 0 saturated carbocycles. The highest BCUT2D eigenvalue weighted by molar-refractivity contribution is 6.30. The lowest BCUT2D eigenvalue weighted by Gasteiger charge is -2.38. The molecule has 0 radical (unpaired) electrons. The Balaban J connectivity index is 1.87. The van der Waals surface area contributed by atoms with Crippen molar-refractivity contribution >= 4 is 29.2 Å². The summed E-state index contributed by atoms with van der Waals surface area (Å²) in [6, 6.07) is 11.8. The summed E-state index contributed by atoms with van der Waals surface area (Å²) in [5, 5.41) is 3.34. The minimum Gasteiger partial charge on any atom is -0.356 e. The fourth-order valence-electron chi connectivity index (χ4n) is 2.80. The van der Waals surface area contributed by atoms with Crippen LogP contribution >= 0.6 is 11.6 Å². The summed E-state index contributed by atoms with van der Waals surface area (Å²) in [6.45, 7) is 1.70. The second-order valence-electron chi connectivity index (χ2n) is 5.89. The number of ether oxygens (including phenoxy) is 1. The van der Waals surface area contributed by atoms with Crippen molar-refractivity contribution in [1.29, 1.82) is 0 Å². The van der Waals surface area contributed by atoms with E-state index in [1.54, 1.807) is 37.4 Å². The predicted molar refractivity (Wildman–Crippen MR) is 94.3 cm³/mol. The maximum Gasteiger partial charge on any atom is 0.257 e. The van der Waals surface area contributed by atoms with E-state index < -0.39 is 12.1 Å². The van der Waals surface area contributed by atoms with Crippen LogP contribution in [0.5, 0.6) is 0 Å². The van der Waals surface area contributed by atoms with Gasteiger partial charge < -0.3 is 15.0 Å². The first-order valence-corrected chi connectivity index (χ1v) is 8.21. The molecule has 2 amide bonds. The lowest BCUT2D eigenvalue weighted by Crippen LogP contribution is -2.51. The molecule has 1 aromatic heterocycles. The third kappa shape index (κ3) is 3.81. The molecule has 7 heteroatoms. The topological polar surface area (TPSA) is 71.5 Å². The van der Waals surface area contributed by atoms with Gasteiger partial charge in [0.2, 0.25) is 5.91 Å². The number of likely N-dealkylation sites (N-methyl/N-ethyl adjacent to an activating group) is 1. The first-order valence-electron chi connectivity index (χ1n) is 7.83. The van der Waals surface area contributed by atoms with Crippen LogP contribution in [0, 0.1) is 6.92 Å². The summed E-state index contributed by atoms with van der Waals surface area (Å²) in [4.78, 5) is 30.6. The fraction of sp³-hybridized carbons (Fsp3) is 0.278. The molecule has 1 aliphatic heterocycles. The number of anilines is 1. The SMILES string of the molecule is Cc1cccc(NC(=O)[C@@H]2OCC(=O)N(C)[C@H]2c2ccc(Cl)cc2)n1. The van der Waals surface area contributed by atoms with Crippen LogP contribution < -0.4 is 5.32 Å². The van der Waals surface area contributed by atoms with Crippen molar-refractivity contribution in [2.24, 2.45) is 0 Å². The number of benzene rings is 1. The molecule has 1 N–H and O–H groups in total. The molecule has 2 aromatic rings. The second kappa shape index (κ2) is 7.21. The van der Waals surface area contributed by atoms with Crippen LogP contribution in [0.4, 0.5) is 5.82 Å². The Kier molecular flexibility index (Phi) is 5.01. The highest BCUT2D eigenvalue weighted by Crippen LogP contribution is 2.30. The molecular weight excluding hydrogens is 342 g/mol. The summed E-state index contributed by atoms with van der Waals surface area (Å²) < 4.78 is 5.56. The minimum atomic E-state index is -0.841. The first kappa shape index (κ1) is 17.4. The Bertz CT molecular complexity index is 794. The third-order valence-corrected chi connectivity index (χ3v) is 4.35. The van der Waals surface area contributed by atoms with E-state index in [1.807, 2.05) is 19.1 Å². The Morgan fingerprint density at radius 3 is 2.68 bits per heavy atom. The Morgan fingerprint density at radius 2 is 2.00 bits per heavy atom. The summed E-state index contributed by atoms with van der Waals surface area (Å²) >= 11 is 5.94. The fourth-order valence-corrected chi connectivity index (χ4v) is 2.93. The number of aryl methyl sites for hydroxylation is 1. The number of carbonyl (C=O) groups excluding carboxylic acids is 2. The van der Waals surface area contributed by atoms with Crippen LogP contribution in [0.25, 0.3) is 0 Å². The van der Waals surface area contributed by atoms with Crippen molar-refractivity contribution < 1.29 is 14.3 Å². The van der Waals surface area contributed by atoms with E-state index in [4.69, 9.17) is 16.3 Å². The zero-order valence-corrected chi connectivity index (χ0v) is 14.7. The van der Waals surface area contributed by atoms with Crippen molar-refractivity contribution in [3.05, 3.63) is 58.7 Å². The number of amides is 2. The third-order valence-electron chi connectivity index (χ3n) is 4.09. The number of nitrogens with zero attached hydrogens (tertiary/aromatic N) is 2. The molecule has 25 heavy (non-hydrogen) atoms. The van der Waals surface area contributed by atoms with Crippen LogP contribution in [0.3, 0.4) is 0 Å². The summed E-state index contributed by atoms with van der Waals surface area (Å²) in [5.74, 6) is -0.0851. The van der Waals surface area contributed by atoms with Gasteiger partial charge in [-0.05, 0) is 36.8 Å². The standard InChI is InChI=1S/C18H18ClN3O3/c1-11-4-3-5-14(20-11)21-18(24)17-16(22(2)15(23)10-25-17)12-6-8-13(19)9-7-12/h3-9,16-17H,10H2,1-2H3,(H,20,21,24)/t16-,17+/m0/s1. The van der Waals surface area contributed by atoms with Crippen LogP contribution in [0.2, 0.25) is 5.02 Å². The van der Waals surface area contributed by atoms with Gasteiger partial charge in [0.1, 0.15) is 12.4 Å². The molecule has 0 bridgehead atoms. The largest absolute Gasteiger partial charge is 0.356 e. The number of carbonyl (C=O) groups is 2. The molecular formula is C18H18ClN3O3. The molecule has 2 atom stereocenters. The van der Waals surface area contributed by atoms with Gasteiger partial charge in [-0.15, -0.1) is 0 Å². The maximum absolute atomic E-state index is 12.7. The molecule has 130 valence electrons. The molecule has 1 aliphatic rings. The van der Waals surface area contributed by atoms with Gasteiger partial charge >= 0.3 is 0 Å². The zero-order valence-electron chi connectivity index (χ0n) is 13.9. The normalized spacial score (nSPS) is 20.4. The number of hydrogen-bond acceptors (Lipinski definition) is 4. The van der Waals surface area contributed by atoms with E-state index in [0.717, 1.165) is 11.3 Å². The molecule has 0 spiro atoms. The summed E-state index contributed by atoms with van der Waals surface area (Å²) in [7, 11) is 1.66. The number of aromatic nitrogens is 1. The smallest absolute Gasteiger partial charge is 0.257 e. The Labute approximate surface area is 150 Å². The zero-order chi connectivity index (χ0) is 18.0. The quantitative estimate of drug-likeness (QED) is 0.914. The highest BCUT2D eigenvalue weighted by atomic mass is 35.5. The van der Waals surface area contributed by atoms with Crippen molar-refractivity contribution in [1.82, 2.24) is 9.88 Å². The molecule has 0 aliphatic carbocycles. The second-order valence-corrected chi connectivity index (χ2v) is 6.32. The van der Waals surface area contributed by atoms with Crippen molar-refractivity contribution in [2.75, 3.05) is 19.0 Å². The Morgan fingerprint density at radius 1 is 1.28 bits per heavy atom. The molecule has 3 rings (SSSR count). The number of halogens is 1. The van der Waals surface area contributed by atoms with E-state index in [0.29, 0.717) is 10.8 Å². The monoisotopic (exact) mass is 359 g/mol. The number of pyridine rings is 1. The number of nitrogens with one attached hydrogen (secondary N) is 1. The van der Waals surface area contributed by atoms with E-state index in [-0.39, 0.29) is 18.4 Å². The van der Waals surface area contributed by atoms with E-state index in [2.05, 4.69) is 10.3 Å².